The molecule has 0 aliphatic carbocycles. The number of ether oxygens (including phenoxy) is 1. The van der Waals surface area contributed by atoms with Gasteiger partial charge in [0.25, 0.3) is 0 Å². The first-order valence-electron chi connectivity index (χ1n) is 6.11. The summed E-state index contributed by atoms with van der Waals surface area (Å²) in [5.41, 5.74) is 0.553. The number of benzene rings is 1. The third-order valence-corrected chi connectivity index (χ3v) is 2.96. The number of halogens is 2. The van der Waals surface area contributed by atoms with Crippen molar-refractivity contribution in [2.75, 3.05) is 17.7 Å². The topological polar surface area (TPSA) is 54.6 Å². The summed E-state index contributed by atoms with van der Waals surface area (Å²) >= 11 is 5.47. The second-order valence-electron chi connectivity index (χ2n) is 4.20. The van der Waals surface area contributed by atoms with Crippen LogP contribution in [-0.2, 0) is 6.61 Å². The number of alkyl halides is 1. The monoisotopic (exact) mass is 299 g/mol. The van der Waals surface area contributed by atoms with Crippen molar-refractivity contribution in [3.8, 4) is 5.75 Å². The Morgan fingerprint density at radius 2 is 2.25 bits per heavy atom. The van der Waals surface area contributed by atoms with Crippen molar-refractivity contribution >= 4 is 17.3 Å². The molecule has 0 spiro atoms. The molecule has 1 aromatic carbocycles. The maximum atomic E-state index is 13.8. The molecule has 1 heterocycles. The van der Waals surface area contributed by atoms with E-state index < -0.39 is 11.9 Å². The largest absolute Gasteiger partial charge is 0.483 e. The zero-order valence-corrected chi connectivity index (χ0v) is 11.4. The van der Waals surface area contributed by atoms with Crippen molar-refractivity contribution in [2.45, 2.75) is 12.7 Å². The minimum Gasteiger partial charge on any atom is -0.483 e. The third-order valence-electron chi connectivity index (χ3n) is 2.60. The summed E-state index contributed by atoms with van der Waals surface area (Å²) in [7, 11) is 0. The van der Waals surface area contributed by atoms with E-state index >= 15 is 0 Å². The van der Waals surface area contributed by atoms with Crippen LogP contribution in [0.3, 0.4) is 0 Å². The molecule has 0 radical (unpaired) electrons. The van der Waals surface area contributed by atoms with Gasteiger partial charge in [0.15, 0.2) is 11.6 Å². The fraction of sp³-hybridized carbons (Fsp3) is 0.286. The fourth-order valence-electron chi connectivity index (χ4n) is 1.56. The van der Waals surface area contributed by atoms with E-state index in [0.29, 0.717) is 11.4 Å². The molecule has 0 bridgehead atoms. The Labute approximate surface area is 121 Å². The highest BCUT2D eigenvalue weighted by Gasteiger charge is 2.07. The molecule has 0 amide bonds. The van der Waals surface area contributed by atoms with E-state index in [9.17, 15) is 9.50 Å². The number of aliphatic hydroxyl groups is 1. The molecule has 0 aliphatic rings. The minimum absolute atomic E-state index is 0.125. The standard InChI is InChI=1S/C14H15ClFNO3/c15-7-11(18)8-17-10-3-4-14(13(16)6-10)20-9-12-2-1-5-19-12/h1-6,11,17-18H,7-9H2. The van der Waals surface area contributed by atoms with Crippen LogP contribution in [0.2, 0.25) is 0 Å². The Balaban J connectivity index is 1.91. The first-order valence-corrected chi connectivity index (χ1v) is 6.65. The van der Waals surface area contributed by atoms with E-state index in [4.69, 9.17) is 20.8 Å². The molecule has 0 aliphatic heterocycles. The maximum Gasteiger partial charge on any atom is 0.167 e. The molecular weight excluding hydrogens is 285 g/mol. The molecule has 0 saturated carbocycles. The van der Waals surface area contributed by atoms with Gasteiger partial charge >= 0.3 is 0 Å². The number of aliphatic hydroxyl groups excluding tert-OH is 1. The van der Waals surface area contributed by atoms with Gasteiger partial charge in [-0.15, -0.1) is 11.6 Å². The van der Waals surface area contributed by atoms with Crippen molar-refractivity contribution in [2.24, 2.45) is 0 Å². The van der Waals surface area contributed by atoms with E-state index in [1.165, 1.54) is 18.4 Å². The molecule has 1 atom stereocenters. The molecule has 2 aromatic rings. The van der Waals surface area contributed by atoms with Crippen molar-refractivity contribution in [3.63, 3.8) is 0 Å². The van der Waals surface area contributed by atoms with Crippen LogP contribution >= 0.6 is 11.6 Å². The molecule has 2 N–H and O–H groups in total. The van der Waals surface area contributed by atoms with Gasteiger partial charge in [-0.3, -0.25) is 0 Å². The number of furan rings is 1. The average Bonchev–Trinajstić information content (AvgIpc) is 2.97. The van der Waals surface area contributed by atoms with Crippen molar-refractivity contribution in [3.05, 3.63) is 48.2 Å². The first-order chi connectivity index (χ1) is 9.69. The highest BCUT2D eigenvalue weighted by Crippen LogP contribution is 2.22. The molecular formula is C14H15ClFNO3. The summed E-state index contributed by atoms with van der Waals surface area (Å²) in [5.74, 6) is 0.406. The molecule has 0 fully saturated rings. The summed E-state index contributed by atoms with van der Waals surface area (Å²) in [6.45, 7) is 0.428. The number of rotatable bonds is 7. The van der Waals surface area contributed by atoms with Crippen molar-refractivity contribution < 1.29 is 18.7 Å². The Morgan fingerprint density at radius 1 is 1.40 bits per heavy atom. The second-order valence-corrected chi connectivity index (χ2v) is 4.51. The Morgan fingerprint density at radius 3 is 2.90 bits per heavy atom. The molecule has 6 heteroatoms. The molecule has 108 valence electrons. The zero-order valence-electron chi connectivity index (χ0n) is 10.7. The van der Waals surface area contributed by atoms with E-state index in [0.717, 1.165) is 0 Å². The second kappa shape index (κ2) is 7.17. The zero-order chi connectivity index (χ0) is 14.4. The minimum atomic E-state index is -0.672. The van der Waals surface area contributed by atoms with Gasteiger partial charge < -0.3 is 19.6 Å². The quantitative estimate of drug-likeness (QED) is 0.772. The highest BCUT2D eigenvalue weighted by molar-refractivity contribution is 6.18. The van der Waals surface area contributed by atoms with Crippen LogP contribution in [0, 0.1) is 5.82 Å². The number of hydrogen-bond donors (Lipinski definition) is 2. The van der Waals surface area contributed by atoms with Crippen LogP contribution in [0.15, 0.2) is 41.0 Å². The first kappa shape index (κ1) is 14.7. The van der Waals surface area contributed by atoms with Gasteiger partial charge in [-0.05, 0) is 24.3 Å². The summed E-state index contributed by atoms with van der Waals surface area (Å²) in [5, 5.41) is 12.2. The molecule has 20 heavy (non-hydrogen) atoms. The SMILES string of the molecule is OC(CCl)CNc1ccc(OCc2ccco2)c(F)c1. The molecule has 2 rings (SSSR count). The summed E-state index contributed by atoms with van der Waals surface area (Å²) in [4.78, 5) is 0. The Bertz CT molecular complexity index is 533. The lowest BCUT2D eigenvalue weighted by atomic mass is 10.2. The predicted molar refractivity (Wildman–Crippen MR) is 74.7 cm³/mol. The lowest BCUT2D eigenvalue weighted by Gasteiger charge is -2.11. The molecule has 4 nitrogen and oxygen atoms in total. The van der Waals surface area contributed by atoms with Crippen LogP contribution in [0.4, 0.5) is 10.1 Å². The Kier molecular flexibility index (Phi) is 5.26. The summed E-state index contributed by atoms with van der Waals surface area (Å²) in [6, 6.07) is 7.99. The molecule has 1 aromatic heterocycles. The molecule has 1 unspecified atom stereocenters. The normalized spacial score (nSPS) is 12.2. The molecule has 0 saturated heterocycles. The van der Waals surface area contributed by atoms with Crippen LogP contribution < -0.4 is 10.1 Å². The lowest BCUT2D eigenvalue weighted by molar-refractivity contribution is 0.211. The number of anilines is 1. The highest BCUT2D eigenvalue weighted by atomic mass is 35.5. The van der Waals surface area contributed by atoms with E-state index in [1.807, 2.05) is 0 Å². The van der Waals surface area contributed by atoms with Crippen molar-refractivity contribution in [1.29, 1.82) is 0 Å². The average molecular weight is 300 g/mol. The van der Waals surface area contributed by atoms with Gasteiger partial charge in [-0.1, -0.05) is 0 Å². The number of hydrogen-bond acceptors (Lipinski definition) is 4. The summed E-state index contributed by atoms with van der Waals surface area (Å²) in [6.07, 6.45) is 0.860. The maximum absolute atomic E-state index is 13.8. The summed E-state index contributed by atoms with van der Waals surface area (Å²) < 4.78 is 24.2. The van der Waals surface area contributed by atoms with Crippen LogP contribution in [0.25, 0.3) is 0 Å². The van der Waals surface area contributed by atoms with Gasteiger partial charge in [-0.2, -0.15) is 0 Å². The Hall–Kier alpha value is -1.72. The van der Waals surface area contributed by atoms with Gasteiger partial charge in [0.1, 0.15) is 12.4 Å². The van der Waals surface area contributed by atoms with Crippen LogP contribution in [0.1, 0.15) is 5.76 Å². The predicted octanol–water partition coefficient (Wildman–Crippen LogP) is 3.01. The van der Waals surface area contributed by atoms with E-state index in [1.54, 1.807) is 18.2 Å². The smallest absolute Gasteiger partial charge is 0.167 e. The van der Waals surface area contributed by atoms with Gasteiger partial charge in [0.2, 0.25) is 0 Å². The van der Waals surface area contributed by atoms with Gasteiger partial charge in [0, 0.05) is 18.3 Å². The van der Waals surface area contributed by atoms with E-state index in [2.05, 4.69) is 5.32 Å². The van der Waals surface area contributed by atoms with Gasteiger partial charge in [-0.25, -0.2) is 4.39 Å². The fourth-order valence-corrected chi connectivity index (χ4v) is 1.67. The number of nitrogens with one attached hydrogen (secondary N) is 1. The van der Waals surface area contributed by atoms with Crippen molar-refractivity contribution in [1.82, 2.24) is 0 Å². The van der Waals surface area contributed by atoms with Crippen LogP contribution in [-0.4, -0.2) is 23.6 Å². The van der Waals surface area contributed by atoms with Gasteiger partial charge in [0.05, 0.1) is 18.2 Å². The third kappa shape index (κ3) is 4.15. The lowest BCUT2D eigenvalue weighted by Crippen LogP contribution is -2.20. The van der Waals surface area contributed by atoms with Crippen LogP contribution in [0.5, 0.6) is 5.75 Å². The van der Waals surface area contributed by atoms with E-state index in [-0.39, 0.29) is 24.8 Å².